The minimum Gasteiger partial charge on any atom is -0.510 e. The van der Waals surface area contributed by atoms with Gasteiger partial charge in [-0.2, -0.15) is 18.2 Å². The van der Waals surface area contributed by atoms with Gasteiger partial charge >= 0.3 is 0 Å². The van der Waals surface area contributed by atoms with E-state index in [9.17, 15) is 24.7 Å². The van der Waals surface area contributed by atoms with Crippen molar-refractivity contribution in [2.24, 2.45) is 0 Å². The smallest absolute Gasteiger partial charge is 0.268 e. The Morgan fingerprint density at radius 1 is 0.472 bits per heavy atom. The van der Waals surface area contributed by atoms with E-state index in [0.29, 0.717) is 56.1 Å². The quantitative estimate of drug-likeness (QED) is 0.0592. The number of pyridine rings is 1. The molecule has 5 nitrogen and oxygen atoms in total. The molecule has 7 heteroatoms. The summed E-state index contributed by atoms with van der Waals surface area (Å²) in [7, 11) is -6.39. The van der Waals surface area contributed by atoms with Crippen LogP contribution in [-0.2, 0) is 26.5 Å². The van der Waals surface area contributed by atoms with E-state index in [1.54, 1.807) is 63.9 Å². The number of ether oxygens (including phenoxy) is 1. The van der Waals surface area contributed by atoms with Gasteiger partial charge in [0.05, 0.1) is 49.6 Å². The van der Waals surface area contributed by atoms with Gasteiger partial charge < -0.3 is 13.9 Å². The second-order valence-electron chi connectivity index (χ2n) is 22.0. The van der Waals surface area contributed by atoms with Crippen molar-refractivity contribution in [1.29, 1.82) is 0 Å². The summed E-state index contributed by atoms with van der Waals surface area (Å²) >= 11 is 0. The third-order valence-electron chi connectivity index (χ3n) is 16.1. The molecule has 0 N–H and O–H groups in total. The Balaban J connectivity index is 0.0000101. The molecule has 0 fully saturated rings. The predicted molar refractivity (Wildman–Crippen MR) is 363 cm³/mol. The normalized spacial score (nSPS) is 15.7. The molecule has 15 aromatic rings. The minimum atomic E-state index is -6.39. The van der Waals surface area contributed by atoms with E-state index in [0.717, 1.165) is 21.9 Å². The standard InChI is InChI=1S/C82H58N4OSi.Pt/c1-82(2,3)59-48-49-83-79(52-59)86-76-42-19-18-38-71(76)72-47-45-62(54-78(72)86)87-61-28-21-27-60(53-61)84-55-85-80-67(58-26-20-35-66(50-58)88(63-29-10-5-11-30-63,64-31-12-6-13-32-64)65-33-14-7-15-34-65)39-22-40-74(80)75-51-57(56-24-8-4-9-25-56)44-46-70(75)68-36-16-17-37-69(68)73-41-23-43-77(84)81(73)85;/h4-52H,1-3H3;/q-2;/i4D,5D,6D,7D,8D,9D,10D,11D,12D,13D,14D,15D,20D,24D,25D,26D,29D,30D,31D,32D,33D,34D,35D,50D;. The van der Waals surface area contributed by atoms with Crippen LogP contribution in [0.15, 0.2) is 297 Å². The number of fused-ring (bicyclic) bond motifs is 10. The summed E-state index contributed by atoms with van der Waals surface area (Å²) in [5.74, 6) is 1.21. The monoisotopic (exact) mass is 1360 g/mol. The molecular weight excluding hydrogens is 1280 g/mol. The number of nitrogens with zero attached hydrogens (tertiary/aromatic N) is 4. The molecule has 1 aliphatic rings. The first-order chi connectivity index (χ1) is 53.2. The molecule has 0 aliphatic carbocycles. The Labute approximate surface area is 568 Å². The molecular formula is C82H58N4OPtSi-2. The van der Waals surface area contributed by atoms with Gasteiger partial charge in [0.1, 0.15) is 5.82 Å². The summed E-state index contributed by atoms with van der Waals surface area (Å²) < 4.78 is 240. The van der Waals surface area contributed by atoms with Gasteiger partial charge in [0, 0.05) is 44.3 Å². The maximum atomic E-state index is 11.1. The maximum absolute atomic E-state index is 11.1. The zero-order valence-corrected chi connectivity index (χ0v) is 50.7. The number of rotatable bonds is 10. The van der Waals surface area contributed by atoms with Crippen molar-refractivity contribution in [3.63, 3.8) is 0 Å². The van der Waals surface area contributed by atoms with E-state index in [1.807, 2.05) is 83.4 Å². The average Bonchev–Trinajstić information content (AvgIpc) is 1.25. The van der Waals surface area contributed by atoms with Gasteiger partial charge in [-0.05, 0) is 123 Å². The molecule has 12 aromatic carbocycles. The summed E-state index contributed by atoms with van der Waals surface area (Å²) in [5.41, 5.74) is 5.48. The Morgan fingerprint density at radius 2 is 1.06 bits per heavy atom. The maximum Gasteiger partial charge on any atom is 0.268 e. The molecule has 0 saturated carbocycles. The fourth-order valence-electron chi connectivity index (χ4n) is 12.1. The van der Waals surface area contributed by atoms with Crippen LogP contribution in [-0.4, -0.2) is 22.2 Å². The van der Waals surface area contributed by atoms with Gasteiger partial charge in [0.25, 0.3) is 6.33 Å². The number of hydrogen-bond acceptors (Lipinski definition) is 2. The van der Waals surface area contributed by atoms with Crippen LogP contribution in [0.5, 0.6) is 11.5 Å². The molecule has 3 aromatic heterocycles. The van der Waals surface area contributed by atoms with Crippen LogP contribution in [0.3, 0.4) is 0 Å². The molecule has 0 spiro atoms. The zero-order chi connectivity index (χ0) is 79.8. The molecule has 0 saturated heterocycles. The molecule has 1 aliphatic heterocycles. The zero-order valence-electron chi connectivity index (χ0n) is 71.4. The molecule has 0 unspecified atom stereocenters. The Bertz CT molecular complexity index is 6410. The Morgan fingerprint density at radius 3 is 1.79 bits per heavy atom. The van der Waals surface area contributed by atoms with Gasteiger partial charge in [0.2, 0.25) is 0 Å². The second-order valence-corrected chi connectivity index (χ2v) is 25.5. The van der Waals surface area contributed by atoms with Crippen molar-refractivity contribution in [3.05, 3.63) is 321 Å². The van der Waals surface area contributed by atoms with E-state index in [1.165, 1.54) is 12.1 Å². The van der Waals surface area contributed by atoms with Crippen molar-refractivity contribution in [3.8, 4) is 84.3 Å². The van der Waals surface area contributed by atoms with E-state index in [4.69, 9.17) is 17.9 Å². The van der Waals surface area contributed by atoms with Crippen LogP contribution in [0.2, 0.25) is 0 Å². The largest absolute Gasteiger partial charge is 0.510 e. The van der Waals surface area contributed by atoms with E-state index < -0.39 is 179 Å². The van der Waals surface area contributed by atoms with Crippen molar-refractivity contribution >= 4 is 61.7 Å². The van der Waals surface area contributed by atoms with Crippen LogP contribution >= 0.6 is 0 Å². The van der Waals surface area contributed by atoms with Gasteiger partial charge in [-0.15, -0.1) is 29.7 Å². The predicted octanol–water partition coefficient (Wildman–Crippen LogP) is 16.9. The van der Waals surface area contributed by atoms with Crippen molar-refractivity contribution in [2.45, 2.75) is 26.2 Å². The third-order valence-corrected chi connectivity index (χ3v) is 20.1. The van der Waals surface area contributed by atoms with Gasteiger partial charge in [-0.3, -0.25) is 4.57 Å². The minimum absolute atomic E-state index is 0. The van der Waals surface area contributed by atoms with Crippen molar-refractivity contribution in [1.82, 2.24) is 14.1 Å². The summed E-state index contributed by atoms with van der Waals surface area (Å²) in [6.45, 7) is 6.39. The van der Waals surface area contributed by atoms with Crippen LogP contribution in [0.1, 0.15) is 59.2 Å². The molecule has 428 valence electrons. The topological polar surface area (TPSA) is 35.9 Å². The molecule has 89 heavy (non-hydrogen) atoms. The fraction of sp³-hybridized carbons (Fsp3) is 0.0488. The van der Waals surface area contributed by atoms with E-state index in [2.05, 4.69) is 45.3 Å². The third kappa shape index (κ3) is 9.41. The van der Waals surface area contributed by atoms with Crippen LogP contribution in [0.25, 0.3) is 106 Å². The summed E-state index contributed by atoms with van der Waals surface area (Å²) in [5, 5.41) is -2.20. The van der Waals surface area contributed by atoms with Gasteiger partial charge in [-0.1, -0.05) is 262 Å². The Hall–Kier alpha value is -10.2. The van der Waals surface area contributed by atoms with Gasteiger partial charge in [-0.25, -0.2) is 4.98 Å². The second kappa shape index (κ2) is 22.5. The van der Waals surface area contributed by atoms with Gasteiger partial charge in [0.15, 0.2) is 8.07 Å². The molecule has 0 bridgehead atoms. The van der Waals surface area contributed by atoms with Crippen LogP contribution < -0.4 is 30.1 Å². The number of benzene rings is 12. The van der Waals surface area contributed by atoms with E-state index in [-0.39, 0.29) is 65.7 Å². The molecule has 0 radical (unpaired) electrons. The summed E-state index contributed by atoms with van der Waals surface area (Å²) in [6.07, 6.45) is 5.37. The number of hydrogen-bond donors (Lipinski definition) is 0. The summed E-state index contributed by atoms with van der Waals surface area (Å²) in [4.78, 5) is 4.85. The SMILES string of the molecule is [2H]c1c([2H])c([2H])c(-c2ccc3c(c2)-c2cccc(-c4c([2H])c([2H])c([2H])c([Si](c5c([2H])c([2H])c([2H])c([2H])c5[2H])(c5c([2H])c([2H])c([2H])c([2H])c5[2H])c5c([2H])c([2H])c([2H])c([2H])c5[2H])c4[2H])c2-[n+]2[c-]n(-c4[c-]c(Oc5[c-]c6c(cc5)c5ccccc5n6-c5cc(C(C)(C)C)ccn5)ccc4)c4cccc(c42)-c2ccccc2-3)c([2H])c1[2H].[Pt]. The van der Waals surface area contributed by atoms with Crippen LogP contribution in [0.4, 0.5) is 0 Å². The van der Waals surface area contributed by atoms with E-state index >= 15 is 0 Å². The number of para-hydroxylation sites is 3. The molecule has 16 rings (SSSR count). The van der Waals surface area contributed by atoms with Crippen molar-refractivity contribution in [2.75, 3.05) is 0 Å². The fourth-order valence-corrected chi connectivity index (χ4v) is 15.6. The first kappa shape index (κ1) is 34.9. The van der Waals surface area contributed by atoms with Crippen molar-refractivity contribution < 1.29 is 63.3 Å². The average molecular weight is 1360 g/mol. The number of imidazole rings is 1. The van der Waals surface area contributed by atoms with Crippen LogP contribution in [0, 0.1) is 18.5 Å². The number of aromatic nitrogens is 4. The molecule has 0 amide bonds. The summed E-state index contributed by atoms with van der Waals surface area (Å²) in [6, 6.07) is 26.6. The first-order valence-corrected chi connectivity index (χ1v) is 30.1. The first-order valence-electron chi connectivity index (χ1n) is 40.1. The molecule has 0 atom stereocenters. The Kier molecular flexibility index (Phi) is 8.83. The molecule has 4 heterocycles.